The van der Waals surface area contributed by atoms with Crippen molar-refractivity contribution in [2.45, 2.75) is 32.4 Å². The standard InChI is InChI=1S/C10H18N2O4/c1-10(2,3)16-9(15)12-4-7(6-13)11-8(14)5-12/h7,13H,4-6H2,1-3H3,(H,11,14)/t7-/m1/s1. The van der Waals surface area contributed by atoms with E-state index in [0.717, 1.165) is 0 Å². The van der Waals surface area contributed by atoms with Crippen LogP contribution in [0.2, 0.25) is 0 Å². The number of amides is 2. The van der Waals surface area contributed by atoms with Crippen molar-refractivity contribution in [1.82, 2.24) is 10.2 Å². The van der Waals surface area contributed by atoms with Crippen LogP contribution in [-0.4, -0.2) is 53.3 Å². The third-order valence-electron chi connectivity index (χ3n) is 2.01. The van der Waals surface area contributed by atoms with E-state index in [-0.39, 0.29) is 25.6 Å². The van der Waals surface area contributed by atoms with Gasteiger partial charge < -0.3 is 15.2 Å². The number of carbonyl (C=O) groups excluding carboxylic acids is 2. The lowest BCUT2D eigenvalue weighted by Crippen LogP contribution is -2.57. The van der Waals surface area contributed by atoms with Crippen molar-refractivity contribution in [2.75, 3.05) is 19.7 Å². The van der Waals surface area contributed by atoms with E-state index in [2.05, 4.69) is 5.32 Å². The largest absolute Gasteiger partial charge is 0.444 e. The van der Waals surface area contributed by atoms with E-state index in [4.69, 9.17) is 9.84 Å². The molecule has 0 aromatic heterocycles. The molecule has 0 spiro atoms. The minimum absolute atomic E-state index is 0.0224. The molecule has 1 aliphatic heterocycles. The number of hydrogen-bond donors (Lipinski definition) is 2. The Morgan fingerprint density at radius 1 is 1.62 bits per heavy atom. The van der Waals surface area contributed by atoms with Gasteiger partial charge in [0.2, 0.25) is 5.91 Å². The second-order valence-corrected chi connectivity index (χ2v) is 4.81. The molecular weight excluding hydrogens is 212 g/mol. The average molecular weight is 230 g/mol. The van der Waals surface area contributed by atoms with Crippen LogP contribution >= 0.6 is 0 Å². The molecule has 1 aliphatic rings. The van der Waals surface area contributed by atoms with Crippen molar-refractivity contribution in [1.29, 1.82) is 0 Å². The molecular formula is C10H18N2O4. The first-order valence-electron chi connectivity index (χ1n) is 5.20. The number of aliphatic hydroxyl groups is 1. The highest BCUT2D eigenvalue weighted by Gasteiger charge is 2.30. The number of aliphatic hydroxyl groups excluding tert-OH is 1. The van der Waals surface area contributed by atoms with Gasteiger partial charge in [-0.15, -0.1) is 0 Å². The Morgan fingerprint density at radius 3 is 2.75 bits per heavy atom. The molecule has 1 rings (SSSR count). The Hall–Kier alpha value is -1.30. The normalized spacial score (nSPS) is 21.6. The summed E-state index contributed by atoms with van der Waals surface area (Å²) in [5, 5.41) is 11.5. The van der Waals surface area contributed by atoms with Gasteiger partial charge in [0.15, 0.2) is 0 Å². The van der Waals surface area contributed by atoms with Gasteiger partial charge in [-0.25, -0.2) is 4.79 Å². The van der Waals surface area contributed by atoms with Crippen LogP contribution in [0.4, 0.5) is 4.79 Å². The summed E-state index contributed by atoms with van der Waals surface area (Å²) in [6.07, 6.45) is -0.527. The summed E-state index contributed by atoms with van der Waals surface area (Å²) >= 11 is 0. The fraction of sp³-hybridized carbons (Fsp3) is 0.800. The molecule has 0 aromatic rings. The molecule has 0 aromatic carbocycles. The topological polar surface area (TPSA) is 78.9 Å². The van der Waals surface area contributed by atoms with Crippen molar-refractivity contribution in [2.24, 2.45) is 0 Å². The van der Waals surface area contributed by atoms with Crippen LogP contribution in [-0.2, 0) is 9.53 Å². The van der Waals surface area contributed by atoms with E-state index in [1.165, 1.54) is 4.90 Å². The number of carbonyl (C=O) groups is 2. The molecule has 6 nitrogen and oxygen atoms in total. The Morgan fingerprint density at radius 2 is 2.25 bits per heavy atom. The van der Waals surface area contributed by atoms with E-state index >= 15 is 0 Å². The minimum Gasteiger partial charge on any atom is -0.444 e. The fourth-order valence-corrected chi connectivity index (χ4v) is 1.39. The second-order valence-electron chi connectivity index (χ2n) is 4.81. The van der Waals surface area contributed by atoms with Gasteiger partial charge in [0.1, 0.15) is 12.1 Å². The molecule has 6 heteroatoms. The van der Waals surface area contributed by atoms with Gasteiger partial charge in [-0.2, -0.15) is 0 Å². The molecule has 1 fully saturated rings. The lowest BCUT2D eigenvalue weighted by Gasteiger charge is -2.33. The maximum Gasteiger partial charge on any atom is 0.410 e. The van der Waals surface area contributed by atoms with Crippen LogP contribution in [0.25, 0.3) is 0 Å². The van der Waals surface area contributed by atoms with Gasteiger partial charge >= 0.3 is 6.09 Å². The number of ether oxygens (including phenoxy) is 1. The molecule has 1 heterocycles. The molecule has 1 atom stereocenters. The number of nitrogens with zero attached hydrogens (tertiary/aromatic N) is 1. The lowest BCUT2D eigenvalue weighted by molar-refractivity contribution is -0.126. The van der Waals surface area contributed by atoms with Crippen molar-refractivity contribution >= 4 is 12.0 Å². The third kappa shape index (κ3) is 3.69. The first-order chi connectivity index (χ1) is 7.31. The van der Waals surface area contributed by atoms with Gasteiger partial charge in [-0.05, 0) is 20.8 Å². The van der Waals surface area contributed by atoms with Crippen molar-refractivity contribution in [3.63, 3.8) is 0 Å². The summed E-state index contributed by atoms with van der Waals surface area (Å²) in [7, 11) is 0. The van der Waals surface area contributed by atoms with Crippen molar-refractivity contribution in [3.05, 3.63) is 0 Å². The zero-order chi connectivity index (χ0) is 12.3. The summed E-state index contributed by atoms with van der Waals surface area (Å²) in [5.74, 6) is -0.281. The van der Waals surface area contributed by atoms with E-state index < -0.39 is 17.7 Å². The van der Waals surface area contributed by atoms with Gasteiger partial charge in [0, 0.05) is 6.54 Å². The number of hydrogen-bond acceptors (Lipinski definition) is 4. The maximum absolute atomic E-state index is 11.7. The molecule has 0 unspecified atom stereocenters. The van der Waals surface area contributed by atoms with Crippen LogP contribution in [0, 0.1) is 0 Å². The smallest absolute Gasteiger partial charge is 0.410 e. The van der Waals surface area contributed by atoms with Crippen LogP contribution in [0.1, 0.15) is 20.8 Å². The van der Waals surface area contributed by atoms with Crippen molar-refractivity contribution in [3.8, 4) is 0 Å². The summed E-state index contributed by atoms with van der Waals surface area (Å²) in [4.78, 5) is 24.2. The molecule has 1 saturated heterocycles. The summed E-state index contributed by atoms with van der Waals surface area (Å²) in [6.45, 7) is 5.35. The van der Waals surface area contributed by atoms with E-state index in [1.54, 1.807) is 20.8 Å². The van der Waals surface area contributed by atoms with Gasteiger partial charge in [0.25, 0.3) is 0 Å². The van der Waals surface area contributed by atoms with Crippen LogP contribution < -0.4 is 5.32 Å². The quantitative estimate of drug-likeness (QED) is 0.649. The predicted octanol–water partition coefficient (Wildman–Crippen LogP) is -0.286. The van der Waals surface area contributed by atoms with Crippen molar-refractivity contribution < 1.29 is 19.4 Å². The minimum atomic E-state index is -0.584. The first kappa shape index (κ1) is 12.8. The first-order valence-corrected chi connectivity index (χ1v) is 5.20. The second kappa shape index (κ2) is 4.69. The Bertz CT molecular complexity index is 285. The highest BCUT2D eigenvalue weighted by molar-refractivity contribution is 5.83. The molecule has 0 aliphatic carbocycles. The van der Waals surface area contributed by atoms with Gasteiger partial charge in [0.05, 0.1) is 12.6 Å². The van der Waals surface area contributed by atoms with E-state index in [0.29, 0.717) is 0 Å². The predicted molar refractivity (Wildman–Crippen MR) is 56.8 cm³/mol. The van der Waals surface area contributed by atoms with E-state index in [9.17, 15) is 9.59 Å². The Balaban J connectivity index is 2.59. The molecule has 0 radical (unpaired) electrons. The maximum atomic E-state index is 11.7. The monoisotopic (exact) mass is 230 g/mol. The average Bonchev–Trinajstić information content (AvgIpc) is 2.14. The summed E-state index contributed by atoms with van der Waals surface area (Å²) < 4.78 is 5.14. The molecule has 92 valence electrons. The summed E-state index contributed by atoms with van der Waals surface area (Å²) in [5.41, 5.74) is -0.584. The molecule has 16 heavy (non-hydrogen) atoms. The Labute approximate surface area is 94.6 Å². The highest BCUT2D eigenvalue weighted by Crippen LogP contribution is 2.11. The van der Waals surface area contributed by atoms with Crippen LogP contribution in [0.3, 0.4) is 0 Å². The third-order valence-corrected chi connectivity index (χ3v) is 2.01. The summed E-state index contributed by atoms with van der Waals surface area (Å²) in [6, 6.07) is -0.409. The number of rotatable bonds is 1. The highest BCUT2D eigenvalue weighted by atomic mass is 16.6. The lowest BCUT2D eigenvalue weighted by atomic mass is 10.2. The van der Waals surface area contributed by atoms with Gasteiger partial charge in [-0.1, -0.05) is 0 Å². The SMILES string of the molecule is CC(C)(C)OC(=O)N1CC(=O)N[C@@H](CO)C1. The van der Waals surface area contributed by atoms with Crippen LogP contribution in [0.5, 0.6) is 0 Å². The number of piperazine rings is 1. The van der Waals surface area contributed by atoms with Gasteiger partial charge in [-0.3, -0.25) is 9.69 Å². The molecule has 0 bridgehead atoms. The molecule has 2 amide bonds. The Kier molecular flexibility index (Phi) is 3.74. The number of nitrogens with one attached hydrogen (secondary N) is 1. The fourth-order valence-electron chi connectivity index (χ4n) is 1.39. The van der Waals surface area contributed by atoms with Crippen LogP contribution in [0.15, 0.2) is 0 Å². The molecule has 2 N–H and O–H groups in total. The zero-order valence-electron chi connectivity index (χ0n) is 9.82. The molecule has 0 saturated carbocycles. The zero-order valence-corrected chi connectivity index (χ0v) is 9.82. The van der Waals surface area contributed by atoms with E-state index in [1.807, 2.05) is 0 Å².